The number of phenols is 1. The first kappa shape index (κ1) is 23.0. The molecule has 0 fully saturated rings. The number of carboxylic acid groups (broad SMARTS) is 2. The van der Waals surface area contributed by atoms with E-state index in [1.165, 1.54) is 0 Å². The van der Waals surface area contributed by atoms with Crippen LogP contribution in [0.3, 0.4) is 0 Å². The fraction of sp³-hybridized carbons (Fsp3) is 0.636. The minimum Gasteiger partial charge on any atom is -0.508 e. The molecule has 3 N–H and O–H groups in total. The van der Waals surface area contributed by atoms with Crippen molar-refractivity contribution in [2.45, 2.75) is 85.0 Å². The Bertz CT molecular complexity index is 691. The van der Waals surface area contributed by atoms with Gasteiger partial charge in [-0.25, -0.2) is 0 Å². The Balaban J connectivity index is 3.75. The lowest BCUT2D eigenvalue weighted by molar-refractivity contribution is -0.165. The molecular formula is C22H34O5. The van der Waals surface area contributed by atoms with E-state index in [4.69, 9.17) is 0 Å². The SMILES string of the molecule is CCCCC(Cc1ccc(O)c(C(C)(C)C)c1C(C)(C)C)(C(=O)O)C(=O)O. The van der Waals surface area contributed by atoms with Gasteiger partial charge >= 0.3 is 11.9 Å². The van der Waals surface area contributed by atoms with E-state index in [1.54, 1.807) is 12.1 Å². The van der Waals surface area contributed by atoms with Gasteiger partial charge in [0.2, 0.25) is 0 Å². The van der Waals surface area contributed by atoms with E-state index >= 15 is 0 Å². The molecule has 1 rings (SSSR count). The summed E-state index contributed by atoms with van der Waals surface area (Å²) in [5, 5.41) is 30.2. The van der Waals surface area contributed by atoms with Gasteiger partial charge in [-0.15, -0.1) is 0 Å². The van der Waals surface area contributed by atoms with E-state index in [9.17, 15) is 24.9 Å². The van der Waals surface area contributed by atoms with Crippen LogP contribution in [-0.2, 0) is 26.8 Å². The van der Waals surface area contributed by atoms with Crippen LogP contribution < -0.4 is 0 Å². The molecule has 0 aliphatic heterocycles. The second-order valence-corrected chi connectivity index (χ2v) is 9.47. The number of hydrogen-bond donors (Lipinski definition) is 3. The molecular weight excluding hydrogens is 344 g/mol. The zero-order valence-electron chi connectivity index (χ0n) is 17.6. The minimum absolute atomic E-state index is 0.0729. The quantitative estimate of drug-likeness (QED) is 0.588. The second-order valence-electron chi connectivity index (χ2n) is 9.47. The smallest absolute Gasteiger partial charge is 0.321 e. The first-order chi connectivity index (χ1) is 12.2. The van der Waals surface area contributed by atoms with Gasteiger partial charge in [0.15, 0.2) is 5.41 Å². The third-order valence-electron chi connectivity index (χ3n) is 5.04. The van der Waals surface area contributed by atoms with E-state index < -0.39 is 17.4 Å². The van der Waals surface area contributed by atoms with E-state index in [-0.39, 0.29) is 29.4 Å². The number of aliphatic carboxylic acids is 2. The molecule has 27 heavy (non-hydrogen) atoms. The third-order valence-corrected chi connectivity index (χ3v) is 5.04. The van der Waals surface area contributed by atoms with Gasteiger partial charge in [-0.1, -0.05) is 67.4 Å². The van der Waals surface area contributed by atoms with Gasteiger partial charge < -0.3 is 15.3 Å². The Kier molecular flexibility index (Phi) is 6.74. The topological polar surface area (TPSA) is 94.8 Å². The Morgan fingerprint density at radius 1 is 0.889 bits per heavy atom. The van der Waals surface area contributed by atoms with Gasteiger partial charge in [0.25, 0.3) is 0 Å². The Morgan fingerprint density at radius 3 is 1.74 bits per heavy atom. The van der Waals surface area contributed by atoms with E-state index in [0.717, 1.165) is 17.5 Å². The Hall–Kier alpha value is -2.04. The predicted molar refractivity (Wildman–Crippen MR) is 106 cm³/mol. The molecule has 0 amide bonds. The summed E-state index contributed by atoms with van der Waals surface area (Å²) >= 11 is 0. The summed E-state index contributed by atoms with van der Waals surface area (Å²) in [7, 11) is 0. The maximum atomic E-state index is 12.1. The zero-order valence-corrected chi connectivity index (χ0v) is 17.6. The summed E-state index contributed by atoms with van der Waals surface area (Å²) in [6.07, 6.45) is 1.21. The molecule has 0 atom stereocenters. The fourth-order valence-corrected chi connectivity index (χ4v) is 3.75. The van der Waals surface area contributed by atoms with Crippen LogP contribution in [0.15, 0.2) is 12.1 Å². The molecule has 1 aromatic carbocycles. The predicted octanol–water partition coefficient (Wildman–Crippen LogP) is 4.88. The number of benzene rings is 1. The van der Waals surface area contributed by atoms with Crippen molar-refractivity contribution in [2.24, 2.45) is 5.41 Å². The molecule has 0 spiro atoms. The second kappa shape index (κ2) is 7.91. The lowest BCUT2D eigenvalue weighted by atomic mass is 9.69. The van der Waals surface area contributed by atoms with Crippen LogP contribution in [0.2, 0.25) is 0 Å². The van der Waals surface area contributed by atoms with Crippen molar-refractivity contribution in [1.29, 1.82) is 0 Å². The summed E-state index contributed by atoms with van der Waals surface area (Å²) < 4.78 is 0. The summed E-state index contributed by atoms with van der Waals surface area (Å²) in [5.41, 5.74) is -0.384. The highest BCUT2D eigenvalue weighted by Gasteiger charge is 2.47. The number of aromatic hydroxyl groups is 1. The summed E-state index contributed by atoms with van der Waals surface area (Å²) in [6.45, 7) is 13.9. The summed E-state index contributed by atoms with van der Waals surface area (Å²) in [6, 6.07) is 3.23. The average Bonchev–Trinajstić information content (AvgIpc) is 2.49. The van der Waals surface area contributed by atoms with Crippen molar-refractivity contribution in [3.63, 3.8) is 0 Å². The highest BCUT2D eigenvalue weighted by atomic mass is 16.4. The molecule has 0 saturated carbocycles. The molecule has 5 heteroatoms. The van der Waals surface area contributed by atoms with E-state index in [1.807, 2.05) is 48.5 Å². The van der Waals surface area contributed by atoms with Crippen LogP contribution in [0.5, 0.6) is 5.75 Å². The number of hydrogen-bond acceptors (Lipinski definition) is 3. The molecule has 0 unspecified atom stereocenters. The lowest BCUT2D eigenvalue weighted by Gasteiger charge is -2.35. The van der Waals surface area contributed by atoms with Gasteiger partial charge in [-0.3, -0.25) is 9.59 Å². The first-order valence-electron chi connectivity index (χ1n) is 9.51. The Morgan fingerprint density at radius 2 is 1.37 bits per heavy atom. The number of phenolic OH excluding ortho intramolecular Hbond substituents is 1. The minimum atomic E-state index is -1.87. The molecule has 0 radical (unpaired) electrons. The van der Waals surface area contributed by atoms with Crippen LogP contribution >= 0.6 is 0 Å². The molecule has 0 aliphatic carbocycles. The van der Waals surface area contributed by atoms with Crippen molar-refractivity contribution in [1.82, 2.24) is 0 Å². The van der Waals surface area contributed by atoms with Crippen molar-refractivity contribution in [3.05, 3.63) is 28.8 Å². The van der Waals surface area contributed by atoms with Crippen molar-refractivity contribution in [3.8, 4) is 5.75 Å². The Labute approximate surface area is 162 Å². The van der Waals surface area contributed by atoms with Crippen LogP contribution in [-0.4, -0.2) is 27.3 Å². The van der Waals surface area contributed by atoms with Crippen LogP contribution in [0.25, 0.3) is 0 Å². The van der Waals surface area contributed by atoms with E-state index in [2.05, 4.69) is 0 Å². The van der Waals surface area contributed by atoms with E-state index in [0.29, 0.717) is 12.0 Å². The van der Waals surface area contributed by atoms with Gasteiger partial charge in [-0.05, 0) is 40.9 Å². The standard InChI is InChI=1S/C22H34O5/c1-8-9-12-22(18(24)25,19(26)27)13-14-10-11-15(23)17(21(5,6)7)16(14)20(2,3)4/h10-11,23H,8-9,12-13H2,1-7H3,(H,24,25)(H,26,27). The normalized spacial score (nSPS) is 12.9. The first-order valence-corrected chi connectivity index (χ1v) is 9.51. The number of carboxylic acids is 2. The van der Waals surface area contributed by atoms with Crippen molar-refractivity contribution < 1.29 is 24.9 Å². The molecule has 1 aromatic rings. The van der Waals surface area contributed by atoms with Gasteiger partial charge in [0.1, 0.15) is 5.75 Å². The van der Waals surface area contributed by atoms with Gasteiger partial charge in [0.05, 0.1) is 0 Å². The van der Waals surface area contributed by atoms with Gasteiger partial charge in [-0.2, -0.15) is 0 Å². The molecule has 0 saturated heterocycles. The molecule has 5 nitrogen and oxygen atoms in total. The van der Waals surface area contributed by atoms with Crippen LogP contribution in [0.1, 0.15) is 84.4 Å². The summed E-state index contributed by atoms with van der Waals surface area (Å²) in [5.74, 6) is -2.47. The molecule has 0 bridgehead atoms. The zero-order chi connectivity index (χ0) is 21.2. The largest absolute Gasteiger partial charge is 0.508 e. The molecule has 0 aliphatic rings. The number of carbonyl (C=O) groups is 2. The van der Waals surface area contributed by atoms with Crippen LogP contribution in [0, 0.1) is 5.41 Å². The molecule has 152 valence electrons. The highest BCUT2D eigenvalue weighted by Crippen LogP contribution is 2.43. The maximum Gasteiger partial charge on any atom is 0.321 e. The lowest BCUT2D eigenvalue weighted by Crippen LogP contribution is -2.42. The number of unbranched alkanes of at least 4 members (excludes halogenated alkanes) is 1. The average molecular weight is 379 g/mol. The number of rotatable bonds is 7. The summed E-state index contributed by atoms with van der Waals surface area (Å²) in [4.78, 5) is 24.1. The third kappa shape index (κ3) is 4.82. The monoisotopic (exact) mass is 378 g/mol. The molecule has 0 heterocycles. The van der Waals surface area contributed by atoms with Crippen LogP contribution in [0.4, 0.5) is 0 Å². The van der Waals surface area contributed by atoms with Crippen molar-refractivity contribution >= 4 is 11.9 Å². The van der Waals surface area contributed by atoms with Crippen molar-refractivity contribution in [2.75, 3.05) is 0 Å². The highest BCUT2D eigenvalue weighted by molar-refractivity contribution is 5.98. The fourth-order valence-electron chi connectivity index (χ4n) is 3.75. The van der Waals surface area contributed by atoms with Gasteiger partial charge in [0, 0.05) is 5.56 Å². The maximum absolute atomic E-state index is 12.1. The molecule has 0 aromatic heterocycles.